The van der Waals surface area contributed by atoms with Crippen LogP contribution in [0.4, 0.5) is 0 Å². The van der Waals surface area contributed by atoms with Gasteiger partial charge in [-0.05, 0) is 49.4 Å². The van der Waals surface area contributed by atoms with Crippen LogP contribution in [0, 0.1) is 22.7 Å². The van der Waals surface area contributed by atoms with Crippen molar-refractivity contribution in [2.75, 3.05) is 0 Å². The van der Waals surface area contributed by atoms with Gasteiger partial charge in [0.15, 0.2) is 0 Å². The topological polar surface area (TPSA) is 0 Å². The first-order chi connectivity index (χ1) is 7.29. The zero-order valence-corrected chi connectivity index (χ0v) is 12.0. The van der Waals surface area contributed by atoms with E-state index < -0.39 is 0 Å². The highest BCUT2D eigenvalue weighted by molar-refractivity contribution is 5.29. The maximum atomic E-state index is 2.48. The summed E-state index contributed by atoms with van der Waals surface area (Å²) in [5, 5.41) is 0. The van der Waals surface area contributed by atoms with Crippen LogP contribution in [-0.2, 0) is 0 Å². The molecule has 2 rings (SSSR count). The highest BCUT2D eigenvalue weighted by atomic mass is 14.5. The smallest absolute Gasteiger partial charge is 0.0113 e. The van der Waals surface area contributed by atoms with E-state index in [0.717, 1.165) is 11.8 Å². The zero-order chi connectivity index (χ0) is 12.1. The molecule has 0 aromatic heterocycles. The minimum Gasteiger partial charge on any atom is -0.0679 e. The first kappa shape index (κ1) is 12.2. The van der Waals surface area contributed by atoms with Crippen LogP contribution in [0.1, 0.15) is 67.2 Å². The number of hydrogen-bond acceptors (Lipinski definition) is 0. The Balaban J connectivity index is 2.51. The normalized spacial score (nSPS) is 37.1. The summed E-state index contributed by atoms with van der Waals surface area (Å²) in [5.41, 5.74) is 4.20. The Labute approximate surface area is 102 Å². The zero-order valence-electron chi connectivity index (χ0n) is 12.0. The van der Waals surface area contributed by atoms with E-state index in [1.165, 1.54) is 25.7 Å². The second-order valence-corrected chi connectivity index (χ2v) is 7.19. The summed E-state index contributed by atoms with van der Waals surface area (Å²) >= 11 is 0. The van der Waals surface area contributed by atoms with Crippen molar-refractivity contribution >= 4 is 0 Å². The highest BCUT2D eigenvalue weighted by Crippen LogP contribution is 2.59. The Morgan fingerprint density at radius 1 is 0.750 bits per heavy atom. The molecule has 0 bridgehead atoms. The van der Waals surface area contributed by atoms with Gasteiger partial charge in [-0.1, -0.05) is 51.7 Å². The number of hydrogen-bond donors (Lipinski definition) is 0. The lowest BCUT2D eigenvalue weighted by molar-refractivity contribution is 0.0287. The monoisotopic (exact) mass is 220 g/mol. The molecule has 0 spiro atoms. The molecule has 0 aliphatic heterocycles. The summed E-state index contributed by atoms with van der Waals surface area (Å²) in [4.78, 5) is 0. The maximum absolute atomic E-state index is 2.48. The molecule has 2 aliphatic rings. The highest BCUT2D eigenvalue weighted by Gasteiger charge is 2.49. The molecule has 0 saturated heterocycles. The second kappa shape index (κ2) is 3.62. The van der Waals surface area contributed by atoms with Crippen molar-refractivity contribution in [1.82, 2.24) is 0 Å². The molecule has 2 aliphatic carbocycles. The van der Waals surface area contributed by atoms with E-state index in [1.807, 2.05) is 0 Å². The van der Waals surface area contributed by atoms with E-state index in [0.29, 0.717) is 10.8 Å². The Bertz CT molecular complexity index is 285. The third-order valence-electron chi connectivity index (χ3n) is 6.12. The van der Waals surface area contributed by atoms with Gasteiger partial charge in [-0.25, -0.2) is 0 Å². The molecule has 2 unspecified atom stereocenters. The summed E-state index contributed by atoms with van der Waals surface area (Å²) < 4.78 is 0. The van der Waals surface area contributed by atoms with E-state index in [1.54, 1.807) is 11.1 Å². The van der Waals surface area contributed by atoms with Crippen molar-refractivity contribution < 1.29 is 0 Å². The minimum atomic E-state index is 0.435. The molecule has 0 amide bonds. The Hall–Kier alpha value is -0.260. The minimum absolute atomic E-state index is 0.435. The standard InChI is InChI=1S/C16H28/c1-11-12(2)16(5,6)14-10-8-7-9-13(14)15(11,3)4/h13-14H,7-10H2,1-6H3. The molecule has 0 aromatic carbocycles. The average molecular weight is 220 g/mol. The fourth-order valence-electron chi connectivity index (χ4n) is 4.38. The molecule has 0 heteroatoms. The number of allylic oxidation sites excluding steroid dienone is 2. The first-order valence-corrected chi connectivity index (χ1v) is 6.98. The predicted octanol–water partition coefficient (Wildman–Crippen LogP) is 5.20. The molecule has 0 nitrogen and oxygen atoms in total. The molecule has 16 heavy (non-hydrogen) atoms. The average Bonchev–Trinajstić information content (AvgIpc) is 2.25. The van der Waals surface area contributed by atoms with E-state index in [9.17, 15) is 0 Å². The van der Waals surface area contributed by atoms with Crippen molar-refractivity contribution in [2.24, 2.45) is 22.7 Å². The Kier molecular flexibility index (Phi) is 2.76. The largest absolute Gasteiger partial charge is 0.0679 e. The number of rotatable bonds is 0. The van der Waals surface area contributed by atoms with Gasteiger partial charge in [0.2, 0.25) is 0 Å². The number of fused-ring (bicyclic) bond motifs is 1. The summed E-state index contributed by atoms with van der Waals surface area (Å²) in [6, 6.07) is 0. The summed E-state index contributed by atoms with van der Waals surface area (Å²) in [6.07, 6.45) is 5.80. The lowest BCUT2D eigenvalue weighted by Gasteiger charge is -2.55. The van der Waals surface area contributed by atoms with Crippen LogP contribution in [0.3, 0.4) is 0 Å². The third kappa shape index (κ3) is 1.49. The molecule has 2 atom stereocenters. The van der Waals surface area contributed by atoms with Gasteiger partial charge in [-0.3, -0.25) is 0 Å². The molecule has 0 radical (unpaired) electrons. The van der Waals surface area contributed by atoms with Crippen molar-refractivity contribution in [3.63, 3.8) is 0 Å². The Morgan fingerprint density at radius 3 is 1.38 bits per heavy atom. The van der Waals surface area contributed by atoms with Gasteiger partial charge in [-0.15, -0.1) is 0 Å². The maximum Gasteiger partial charge on any atom is -0.0113 e. The summed E-state index contributed by atoms with van der Waals surface area (Å²) in [6.45, 7) is 14.7. The second-order valence-electron chi connectivity index (χ2n) is 7.19. The van der Waals surface area contributed by atoms with Crippen molar-refractivity contribution in [2.45, 2.75) is 67.2 Å². The van der Waals surface area contributed by atoms with Crippen molar-refractivity contribution in [3.8, 4) is 0 Å². The Morgan fingerprint density at radius 2 is 1.06 bits per heavy atom. The van der Waals surface area contributed by atoms with Crippen LogP contribution in [0.2, 0.25) is 0 Å². The first-order valence-electron chi connectivity index (χ1n) is 6.98. The summed E-state index contributed by atoms with van der Waals surface area (Å²) in [7, 11) is 0. The van der Waals surface area contributed by atoms with E-state index in [4.69, 9.17) is 0 Å². The van der Waals surface area contributed by atoms with Crippen LogP contribution >= 0.6 is 0 Å². The quantitative estimate of drug-likeness (QED) is 0.492. The van der Waals surface area contributed by atoms with Gasteiger partial charge >= 0.3 is 0 Å². The van der Waals surface area contributed by atoms with E-state index >= 15 is 0 Å². The molecule has 1 saturated carbocycles. The van der Waals surface area contributed by atoms with E-state index in [2.05, 4.69) is 41.5 Å². The summed E-state index contributed by atoms with van der Waals surface area (Å²) in [5.74, 6) is 1.83. The molecule has 0 aromatic rings. The van der Waals surface area contributed by atoms with Gasteiger partial charge in [0.1, 0.15) is 0 Å². The SMILES string of the molecule is CC1=C(C)C(C)(C)C2CCCCC2C1(C)C. The molecular weight excluding hydrogens is 192 g/mol. The molecule has 1 fully saturated rings. The fraction of sp³-hybridized carbons (Fsp3) is 0.875. The fourth-order valence-corrected chi connectivity index (χ4v) is 4.38. The van der Waals surface area contributed by atoms with Gasteiger partial charge < -0.3 is 0 Å². The third-order valence-corrected chi connectivity index (χ3v) is 6.12. The lowest BCUT2D eigenvalue weighted by Crippen LogP contribution is -2.46. The van der Waals surface area contributed by atoms with Crippen LogP contribution in [0.5, 0.6) is 0 Å². The predicted molar refractivity (Wildman–Crippen MR) is 71.4 cm³/mol. The molecule has 92 valence electrons. The van der Waals surface area contributed by atoms with Crippen LogP contribution in [0.15, 0.2) is 11.1 Å². The lowest BCUT2D eigenvalue weighted by atomic mass is 9.49. The van der Waals surface area contributed by atoms with Crippen LogP contribution < -0.4 is 0 Å². The van der Waals surface area contributed by atoms with Gasteiger partial charge in [0.05, 0.1) is 0 Å². The van der Waals surface area contributed by atoms with Crippen molar-refractivity contribution in [1.29, 1.82) is 0 Å². The van der Waals surface area contributed by atoms with Gasteiger partial charge in [0, 0.05) is 0 Å². The molecule has 0 heterocycles. The van der Waals surface area contributed by atoms with Crippen LogP contribution in [-0.4, -0.2) is 0 Å². The van der Waals surface area contributed by atoms with Gasteiger partial charge in [0.25, 0.3) is 0 Å². The van der Waals surface area contributed by atoms with Crippen molar-refractivity contribution in [3.05, 3.63) is 11.1 Å². The van der Waals surface area contributed by atoms with E-state index in [-0.39, 0.29) is 0 Å². The van der Waals surface area contributed by atoms with Crippen LogP contribution in [0.25, 0.3) is 0 Å². The molecule has 0 N–H and O–H groups in total. The van der Waals surface area contributed by atoms with Gasteiger partial charge in [-0.2, -0.15) is 0 Å². The molecular formula is C16H28.